The van der Waals surface area contributed by atoms with Gasteiger partial charge in [-0.05, 0) is 41.6 Å². The van der Waals surface area contributed by atoms with E-state index in [9.17, 15) is 9.18 Å². The number of hydrogen-bond donors (Lipinski definition) is 0. The van der Waals surface area contributed by atoms with Crippen molar-refractivity contribution in [3.63, 3.8) is 0 Å². The van der Waals surface area contributed by atoms with Crippen LogP contribution in [0.25, 0.3) is 0 Å². The van der Waals surface area contributed by atoms with Gasteiger partial charge in [-0.1, -0.05) is 0 Å². The van der Waals surface area contributed by atoms with Gasteiger partial charge in [-0.3, -0.25) is 4.79 Å². The van der Waals surface area contributed by atoms with Crippen LogP contribution in [0.5, 0.6) is 0 Å². The Morgan fingerprint density at radius 2 is 2.23 bits per heavy atom. The molecule has 0 aliphatic carbocycles. The van der Waals surface area contributed by atoms with Gasteiger partial charge < -0.3 is 0 Å². The van der Waals surface area contributed by atoms with Gasteiger partial charge in [0.25, 0.3) is 0 Å². The zero-order chi connectivity index (χ0) is 10.0. The molecule has 0 aliphatic rings. The van der Waals surface area contributed by atoms with Gasteiger partial charge >= 0.3 is 0 Å². The number of nitrogens with zero attached hydrogens (tertiary/aromatic N) is 1. The van der Waals surface area contributed by atoms with Crippen molar-refractivity contribution in [2.75, 3.05) is 0 Å². The first-order chi connectivity index (χ1) is 6.06. The lowest BCUT2D eigenvalue weighted by Crippen LogP contribution is -2.00. The molecule has 0 unspecified atom stereocenters. The highest BCUT2D eigenvalue weighted by molar-refractivity contribution is 14.1. The summed E-state index contributed by atoms with van der Waals surface area (Å²) in [5.41, 5.74) is -0.111. The van der Waals surface area contributed by atoms with E-state index >= 15 is 0 Å². The number of carbonyl (C=O) groups is 1. The summed E-state index contributed by atoms with van der Waals surface area (Å²) in [5.74, 6) is -1.09. The summed E-state index contributed by atoms with van der Waals surface area (Å²) in [6.45, 7) is 1.27. The van der Waals surface area contributed by atoms with E-state index in [2.05, 4.69) is 0 Å². The maximum atomic E-state index is 13.3. The van der Waals surface area contributed by atoms with Crippen molar-refractivity contribution in [3.05, 3.63) is 32.6 Å². The molecular formula is C9H5FINO. The molecule has 0 bridgehead atoms. The standard InChI is InChI=1S/C9H5FINO/c1-5(13)8-3-7(11)2-6(4-12)9(8)10/h2-3H,1H3. The fraction of sp³-hybridized carbons (Fsp3) is 0.111. The number of ketones is 1. The Hall–Kier alpha value is -0.960. The molecule has 0 radical (unpaired) electrons. The van der Waals surface area contributed by atoms with Gasteiger partial charge in [0, 0.05) is 3.57 Å². The van der Waals surface area contributed by atoms with E-state index in [4.69, 9.17) is 5.26 Å². The number of halogens is 2. The number of nitriles is 1. The highest BCUT2D eigenvalue weighted by atomic mass is 127. The van der Waals surface area contributed by atoms with Crippen LogP contribution >= 0.6 is 22.6 Å². The largest absolute Gasteiger partial charge is 0.294 e. The molecular weight excluding hydrogens is 284 g/mol. The van der Waals surface area contributed by atoms with Gasteiger partial charge in [0.1, 0.15) is 6.07 Å². The third kappa shape index (κ3) is 2.04. The zero-order valence-corrected chi connectivity index (χ0v) is 8.92. The molecule has 0 fully saturated rings. The first kappa shape index (κ1) is 10.1. The minimum Gasteiger partial charge on any atom is -0.294 e. The molecule has 2 nitrogen and oxygen atoms in total. The average molecular weight is 289 g/mol. The van der Waals surface area contributed by atoms with Crippen molar-refractivity contribution < 1.29 is 9.18 Å². The second-order valence-electron chi connectivity index (χ2n) is 2.48. The van der Waals surface area contributed by atoms with Crippen molar-refractivity contribution in [3.8, 4) is 6.07 Å². The predicted octanol–water partition coefficient (Wildman–Crippen LogP) is 2.50. The maximum absolute atomic E-state index is 13.3. The van der Waals surface area contributed by atoms with Gasteiger partial charge in [0.15, 0.2) is 11.6 Å². The van der Waals surface area contributed by atoms with Crippen LogP contribution < -0.4 is 0 Å². The predicted molar refractivity (Wildman–Crippen MR) is 53.8 cm³/mol. The third-order valence-corrected chi connectivity index (χ3v) is 2.16. The smallest absolute Gasteiger partial charge is 0.162 e. The second kappa shape index (κ2) is 3.83. The summed E-state index contributed by atoms with van der Waals surface area (Å²) in [6, 6.07) is 4.53. The summed E-state index contributed by atoms with van der Waals surface area (Å²) >= 11 is 1.93. The quantitative estimate of drug-likeness (QED) is 0.588. The SMILES string of the molecule is CC(=O)c1cc(I)cc(C#N)c1F. The van der Waals surface area contributed by atoms with E-state index in [1.807, 2.05) is 22.6 Å². The van der Waals surface area contributed by atoms with Crippen LogP contribution in [0.4, 0.5) is 4.39 Å². The van der Waals surface area contributed by atoms with E-state index in [0.717, 1.165) is 0 Å². The maximum Gasteiger partial charge on any atom is 0.162 e. The molecule has 0 spiro atoms. The summed E-state index contributed by atoms with van der Waals surface area (Å²) < 4.78 is 13.9. The Balaban J connectivity index is 3.47. The first-order valence-corrected chi connectivity index (χ1v) is 4.54. The fourth-order valence-electron chi connectivity index (χ4n) is 0.927. The molecule has 0 atom stereocenters. The van der Waals surface area contributed by atoms with E-state index in [1.165, 1.54) is 19.1 Å². The van der Waals surface area contributed by atoms with Crippen molar-refractivity contribution in [1.82, 2.24) is 0 Å². The fourth-order valence-corrected chi connectivity index (χ4v) is 1.55. The lowest BCUT2D eigenvalue weighted by Gasteiger charge is -2.00. The van der Waals surface area contributed by atoms with Crippen LogP contribution in [0, 0.1) is 20.7 Å². The summed E-state index contributed by atoms with van der Waals surface area (Å²) in [4.78, 5) is 10.9. The van der Waals surface area contributed by atoms with E-state index < -0.39 is 5.82 Å². The van der Waals surface area contributed by atoms with Crippen LogP contribution in [-0.2, 0) is 0 Å². The Bertz CT molecular complexity index is 409. The highest BCUT2D eigenvalue weighted by Gasteiger charge is 2.12. The first-order valence-electron chi connectivity index (χ1n) is 3.46. The molecule has 0 N–H and O–H groups in total. The molecule has 4 heteroatoms. The van der Waals surface area contributed by atoms with Crippen LogP contribution in [-0.4, -0.2) is 5.78 Å². The average Bonchev–Trinajstić information content (AvgIpc) is 2.08. The van der Waals surface area contributed by atoms with Crippen LogP contribution in [0.15, 0.2) is 12.1 Å². The number of benzene rings is 1. The molecule has 13 heavy (non-hydrogen) atoms. The molecule has 0 aromatic heterocycles. The molecule has 0 amide bonds. The molecule has 1 aromatic carbocycles. The molecule has 0 saturated carbocycles. The monoisotopic (exact) mass is 289 g/mol. The Kier molecular flexibility index (Phi) is 2.98. The number of Topliss-reactive ketones (excluding diaryl/α,β-unsaturated/α-hetero) is 1. The van der Waals surface area contributed by atoms with Gasteiger partial charge in [-0.2, -0.15) is 5.26 Å². The van der Waals surface area contributed by atoms with Crippen molar-refractivity contribution >= 4 is 28.4 Å². The molecule has 0 saturated heterocycles. The molecule has 0 aliphatic heterocycles. The zero-order valence-electron chi connectivity index (χ0n) is 6.77. The third-order valence-electron chi connectivity index (χ3n) is 1.54. The number of carbonyl (C=O) groups excluding carboxylic acids is 1. The summed E-state index contributed by atoms with van der Waals surface area (Å²) in [5, 5.41) is 8.54. The minimum absolute atomic E-state index is 0.0246. The lowest BCUT2D eigenvalue weighted by atomic mass is 10.1. The van der Waals surface area contributed by atoms with Crippen LogP contribution in [0.2, 0.25) is 0 Å². The van der Waals surface area contributed by atoms with Gasteiger partial charge in [0.05, 0.1) is 11.1 Å². The van der Waals surface area contributed by atoms with E-state index in [1.54, 1.807) is 6.07 Å². The molecule has 1 rings (SSSR count). The normalized spacial score (nSPS) is 9.38. The highest BCUT2D eigenvalue weighted by Crippen LogP contribution is 2.17. The Morgan fingerprint density at radius 1 is 1.62 bits per heavy atom. The van der Waals surface area contributed by atoms with E-state index in [-0.39, 0.29) is 16.9 Å². The minimum atomic E-state index is -0.726. The van der Waals surface area contributed by atoms with Crippen LogP contribution in [0.1, 0.15) is 22.8 Å². The number of hydrogen-bond acceptors (Lipinski definition) is 2. The molecule has 66 valence electrons. The van der Waals surface area contributed by atoms with Gasteiger partial charge in [-0.25, -0.2) is 4.39 Å². The Morgan fingerprint density at radius 3 is 2.69 bits per heavy atom. The van der Waals surface area contributed by atoms with Crippen molar-refractivity contribution in [2.24, 2.45) is 0 Å². The van der Waals surface area contributed by atoms with Crippen LogP contribution in [0.3, 0.4) is 0 Å². The summed E-state index contributed by atoms with van der Waals surface area (Å²) in [7, 11) is 0. The second-order valence-corrected chi connectivity index (χ2v) is 3.73. The lowest BCUT2D eigenvalue weighted by molar-refractivity contribution is 0.101. The Labute approximate surface area is 88.5 Å². The molecule has 0 heterocycles. The van der Waals surface area contributed by atoms with Gasteiger partial charge in [-0.15, -0.1) is 0 Å². The summed E-state index contributed by atoms with van der Waals surface area (Å²) in [6.07, 6.45) is 0. The van der Waals surface area contributed by atoms with E-state index in [0.29, 0.717) is 3.57 Å². The topological polar surface area (TPSA) is 40.9 Å². The van der Waals surface area contributed by atoms with Crippen molar-refractivity contribution in [1.29, 1.82) is 5.26 Å². The number of rotatable bonds is 1. The molecule has 1 aromatic rings. The van der Waals surface area contributed by atoms with Gasteiger partial charge in [0.2, 0.25) is 0 Å². The van der Waals surface area contributed by atoms with Crippen molar-refractivity contribution in [2.45, 2.75) is 6.92 Å².